The number of para-hydroxylation sites is 2. The van der Waals surface area contributed by atoms with Crippen LogP contribution in [-0.4, -0.2) is 40.1 Å². The summed E-state index contributed by atoms with van der Waals surface area (Å²) in [6.07, 6.45) is 1.74. The Morgan fingerprint density at radius 3 is 2.77 bits per heavy atom. The standard InChI is InChI=1S/C17H20N4O/c1-12-10-13(11-18-17(12)22)16-19-14-6-4-5-7-15(14)21(16)9-8-20(2)3/h4-7,10-11H,8-9H2,1-3H3,(H,18,22). The van der Waals surface area contributed by atoms with E-state index in [0.717, 1.165) is 35.5 Å². The maximum Gasteiger partial charge on any atom is 0.250 e. The Kier molecular flexibility index (Phi) is 3.81. The Hall–Kier alpha value is -2.40. The first-order chi connectivity index (χ1) is 10.6. The molecule has 2 heterocycles. The average Bonchev–Trinajstić information content (AvgIpc) is 2.86. The van der Waals surface area contributed by atoms with Gasteiger partial charge in [-0.25, -0.2) is 4.98 Å². The molecular weight excluding hydrogens is 276 g/mol. The molecule has 0 amide bonds. The van der Waals surface area contributed by atoms with Gasteiger partial charge in [0.25, 0.3) is 5.56 Å². The quantitative estimate of drug-likeness (QED) is 0.803. The van der Waals surface area contributed by atoms with Gasteiger partial charge in [-0.15, -0.1) is 0 Å². The van der Waals surface area contributed by atoms with Gasteiger partial charge in [0.15, 0.2) is 0 Å². The number of hydrogen-bond donors (Lipinski definition) is 1. The van der Waals surface area contributed by atoms with Crippen LogP contribution < -0.4 is 5.56 Å². The van der Waals surface area contributed by atoms with Gasteiger partial charge < -0.3 is 14.5 Å². The molecule has 114 valence electrons. The molecule has 1 N–H and O–H groups in total. The zero-order valence-electron chi connectivity index (χ0n) is 13.1. The lowest BCUT2D eigenvalue weighted by atomic mass is 10.2. The highest BCUT2D eigenvalue weighted by atomic mass is 16.1. The van der Waals surface area contributed by atoms with Gasteiger partial charge in [0.05, 0.1) is 11.0 Å². The lowest BCUT2D eigenvalue weighted by molar-refractivity contribution is 0.387. The van der Waals surface area contributed by atoms with Crippen molar-refractivity contribution in [3.05, 3.63) is 52.4 Å². The Morgan fingerprint density at radius 2 is 2.05 bits per heavy atom. The zero-order valence-corrected chi connectivity index (χ0v) is 13.1. The molecular formula is C17H20N4O. The molecule has 0 spiro atoms. The number of aromatic amines is 1. The predicted octanol–water partition coefficient (Wildman–Crippen LogP) is 2.26. The molecule has 1 aromatic carbocycles. The van der Waals surface area contributed by atoms with E-state index in [1.807, 2.05) is 31.2 Å². The van der Waals surface area contributed by atoms with Crippen molar-refractivity contribution < 1.29 is 0 Å². The Morgan fingerprint density at radius 1 is 1.27 bits per heavy atom. The molecule has 2 aromatic heterocycles. The van der Waals surface area contributed by atoms with Crippen LogP contribution in [0.5, 0.6) is 0 Å². The van der Waals surface area contributed by atoms with E-state index in [1.165, 1.54) is 0 Å². The van der Waals surface area contributed by atoms with Crippen molar-refractivity contribution in [3.63, 3.8) is 0 Å². The highest BCUT2D eigenvalue weighted by Crippen LogP contribution is 2.24. The second-order valence-electron chi connectivity index (χ2n) is 5.78. The van der Waals surface area contributed by atoms with Crippen LogP contribution in [0.1, 0.15) is 5.56 Å². The van der Waals surface area contributed by atoms with Gasteiger partial charge in [-0.1, -0.05) is 12.1 Å². The first kappa shape index (κ1) is 14.5. The molecule has 0 radical (unpaired) electrons. The van der Waals surface area contributed by atoms with Gasteiger partial charge in [0.2, 0.25) is 0 Å². The summed E-state index contributed by atoms with van der Waals surface area (Å²) in [5, 5.41) is 0. The normalized spacial score (nSPS) is 11.5. The highest BCUT2D eigenvalue weighted by Gasteiger charge is 2.13. The number of hydrogen-bond acceptors (Lipinski definition) is 3. The van der Waals surface area contributed by atoms with Crippen molar-refractivity contribution in [1.82, 2.24) is 19.4 Å². The molecule has 5 nitrogen and oxygen atoms in total. The number of likely N-dealkylation sites (N-methyl/N-ethyl adjacent to an activating group) is 1. The molecule has 0 aliphatic rings. The Balaban J connectivity index is 2.16. The fourth-order valence-corrected chi connectivity index (χ4v) is 2.55. The van der Waals surface area contributed by atoms with Crippen LogP contribution in [0.15, 0.2) is 41.3 Å². The summed E-state index contributed by atoms with van der Waals surface area (Å²) >= 11 is 0. The van der Waals surface area contributed by atoms with E-state index in [2.05, 4.69) is 34.6 Å². The minimum atomic E-state index is -0.0558. The van der Waals surface area contributed by atoms with Crippen LogP contribution in [0, 0.1) is 6.92 Å². The average molecular weight is 296 g/mol. The Labute approximate surface area is 129 Å². The van der Waals surface area contributed by atoms with Crippen LogP contribution in [0.2, 0.25) is 0 Å². The van der Waals surface area contributed by atoms with E-state index in [-0.39, 0.29) is 5.56 Å². The summed E-state index contributed by atoms with van der Waals surface area (Å²) in [6, 6.07) is 10.0. The lowest BCUT2D eigenvalue weighted by Crippen LogP contribution is -2.19. The fourth-order valence-electron chi connectivity index (χ4n) is 2.55. The Bertz CT molecular complexity index is 860. The molecule has 0 aliphatic heterocycles. The molecule has 0 unspecified atom stereocenters. The summed E-state index contributed by atoms with van der Waals surface area (Å²) in [7, 11) is 4.12. The third-order valence-electron chi connectivity index (χ3n) is 3.77. The second kappa shape index (κ2) is 5.77. The van der Waals surface area contributed by atoms with E-state index >= 15 is 0 Å². The van der Waals surface area contributed by atoms with E-state index in [4.69, 9.17) is 4.98 Å². The van der Waals surface area contributed by atoms with Gasteiger partial charge in [0.1, 0.15) is 5.82 Å². The molecule has 5 heteroatoms. The maximum atomic E-state index is 11.6. The van der Waals surface area contributed by atoms with Crippen molar-refractivity contribution in [2.24, 2.45) is 0 Å². The summed E-state index contributed by atoms with van der Waals surface area (Å²) < 4.78 is 2.21. The second-order valence-corrected chi connectivity index (χ2v) is 5.78. The summed E-state index contributed by atoms with van der Waals surface area (Å²) in [4.78, 5) is 21.3. The minimum absolute atomic E-state index is 0.0558. The number of benzene rings is 1. The number of aromatic nitrogens is 3. The number of fused-ring (bicyclic) bond motifs is 1. The summed E-state index contributed by atoms with van der Waals surface area (Å²) in [6.45, 7) is 3.59. The molecule has 0 atom stereocenters. The van der Waals surface area contributed by atoms with Crippen LogP contribution in [0.3, 0.4) is 0 Å². The van der Waals surface area contributed by atoms with Crippen molar-refractivity contribution in [1.29, 1.82) is 0 Å². The van der Waals surface area contributed by atoms with Crippen molar-refractivity contribution in [3.8, 4) is 11.4 Å². The van der Waals surface area contributed by atoms with E-state index in [1.54, 1.807) is 6.20 Å². The number of imidazole rings is 1. The number of aryl methyl sites for hydroxylation is 1. The first-order valence-corrected chi connectivity index (χ1v) is 7.36. The number of pyridine rings is 1. The van der Waals surface area contributed by atoms with Crippen LogP contribution in [-0.2, 0) is 6.54 Å². The molecule has 22 heavy (non-hydrogen) atoms. The first-order valence-electron chi connectivity index (χ1n) is 7.36. The van der Waals surface area contributed by atoms with Crippen molar-refractivity contribution >= 4 is 11.0 Å². The van der Waals surface area contributed by atoms with Crippen molar-refractivity contribution in [2.45, 2.75) is 13.5 Å². The topological polar surface area (TPSA) is 53.9 Å². The molecule has 3 aromatic rings. The van der Waals surface area contributed by atoms with Crippen LogP contribution >= 0.6 is 0 Å². The highest BCUT2D eigenvalue weighted by molar-refractivity contribution is 5.80. The summed E-state index contributed by atoms with van der Waals surface area (Å²) in [5.74, 6) is 0.891. The van der Waals surface area contributed by atoms with E-state index in [0.29, 0.717) is 5.56 Å². The third-order valence-corrected chi connectivity index (χ3v) is 3.77. The number of H-pyrrole nitrogens is 1. The molecule has 0 bridgehead atoms. The maximum absolute atomic E-state index is 11.6. The van der Waals surface area contributed by atoms with Crippen LogP contribution in [0.25, 0.3) is 22.4 Å². The largest absolute Gasteiger partial charge is 0.328 e. The molecule has 0 aliphatic carbocycles. The monoisotopic (exact) mass is 296 g/mol. The van der Waals surface area contributed by atoms with Gasteiger partial charge in [0, 0.05) is 30.4 Å². The fraction of sp³-hybridized carbons (Fsp3) is 0.294. The number of rotatable bonds is 4. The van der Waals surface area contributed by atoms with Crippen molar-refractivity contribution in [2.75, 3.05) is 20.6 Å². The molecule has 0 saturated heterocycles. The molecule has 3 rings (SSSR count). The third kappa shape index (κ3) is 2.67. The van der Waals surface area contributed by atoms with Gasteiger partial charge in [-0.3, -0.25) is 4.79 Å². The molecule has 0 saturated carbocycles. The lowest BCUT2D eigenvalue weighted by Gasteiger charge is -2.13. The smallest absolute Gasteiger partial charge is 0.250 e. The van der Waals surface area contributed by atoms with E-state index in [9.17, 15) is 4.79 Å². The molecule has 0 fully saturated rings. The number of nitrogens with zero attached hydrogens (tertiary/aromatic N) is 3. The zero-order chi connectivity index (χ0) is 15.7. The van der Waals surface area contributed by atoms with Gasteiger partial charge >= 0.3 is 0 Å². The SMILES string of the molecule is Cc1cc(-c2nc3ccccc3n2CCN(C)C)c[nH]c1=O. The predicted molar refractivity (Wildman–Crippen MR) is 89.1 cm³/mol. The van der Waals surface area contributed by atoms with E-state index < -0.39 is 0 Å². The summed E-state index contributed by atoms with van der Waals surface area (Å²) in [5.41, 5.74) is 3.67. The minimum Gasteiger partial charge on any atom is -0.328 e. The van der Waals surface area contributed by atoms with Crippen LogP contribution in [0.4, 0.5) is 0 Å². The number of nitrogens with one attached hydrogen (secondary N) is 1. The van der Waals surface area contributed by atoms with Gasteiger partial charge in [-0.2, -0.15) is 0 Å². The van der Waals surface area contributed by atoms with Gasteiger partial charge in [-0.05, 0) is 39.2 Å².